The van der Waals surface area contributed by atoms with Crippen LogP contribution in [-0.4, -0.2) is 18.9 Å². The summed E-state index contributed by atoms with van der Waals surface area (Å²) >= 11 is 6.07. The molecular weight excluding hydrogens is 430 g/mol. The Hall–Kier alpha value is -3.68. The number of benzene rings is 3. The minimum atomic E-state index is -0.599. The van der Waals surface area contributed by atoms with E-state index in [0.717, 1.165) is 21.7 Å². The average molecular weight is 448 g/mol. The molecule has 4 aromatic rings. The fourth-order valence-electron chi connectivity index (χ4n) is 4.02. The highest BCUT2D eigenvalue weighted by Gasteiger charge is 2.33. The Kier molecular flexibility index (Phi) is 5.13. The van der Waals surface area contributed by atoms with Gasteiger partial charge in [-0.3, -0.25) is 10.4 Å². The number of halogens is 1. The Bertz CT molecular complexity index is 1430. The number of hydrazine groups is 1. The molecule has 0 aliphatic carbocycles. The van der Waals surface area contributed by atoms with Gasteiger partial charge in [0.2, 0.25) is 5.84 Å². The highest BCUT2D eigenvalue weighted by Crippen LogP contribution is 2.38. The molecule has 160 valence electrons. The molecule has 0 amide bonds. The maximum atomic E-state index is 12.6. The van der Waals surface area contributed by atoms with Gasteiger partial charge in [0.05, 0.1) is 19.2 Å². The maximum absolute atomic E-state index is 12.6. The number of nitrogens with one attached hydrogen (secondary N) is 2. The largest absolute Gasteiger partial charge is 0.463 e. The lowest BCUT2D eigenvalue weighted by molar-refractivity contribution is -0.133. The molecule has 8 heteroatoms. The molecule has 3 aromatic carbocycles. The quantitative estimate of drug-likeness (QED) is 0.279. The summed E-state index contributed by atoms with van der Waals surface area (Å²) < 4.78 is 10.4. The van der Waals surface area contributed by atoms with E-state index >= 15 is 0 Å². The van der Waals surface area contributed by atoms with Crippen molar-refractivity contribution < 1.29 is 13.9 Å². The maximum Gasteiger partial charge on any atom is 0.374 e. The van der Waals surface area contributed by atoms with Crippen molar-refractivity contribution in [3.05, 3.63) is 93.3 Å². The number of nitrogens with zero attached hydrogens (tertiary/aromatic N) is 1. The zero-order valence-electron chi connectivity index (χ0n) is 17.0. The summed E-state index contributed by atoms with van der Waals surface area (Å²) in [5.41, 5.74) is 7.50. The van der Waals surface area contributed by atoms with Gasteiger partial charge in [-0.25, -0.2) is 15.0 Å². The third-order valence-electron chi connectivity index (χ3n) is 5.52. The van der Waals surface area contributed by atoms with E-state index in [1.54, 1.807) is 12.1 Å². The fraction of sp³-hybridized carbons (Fsp3) is 0.125. The Morgan fingerprint density at radius 2 is 1.84 bits per heavy atom. The molecule has 0 fully saturated rings. The molecule has 0 saturated carbocycles. The van der Waals surface area contributed by atoms with Crippen molar-refractivity contribution in [1.82, 2.24) is 10.9 Å². The van der Waals surface area contributed by atoms with E-state index in [2.05, 4.69) is 15.8 Å². The van der Waals surface area contributed by atoms with E-state index in [4.69, 9.17) is 20.8 Å². The number of hydrogen-bond acceptors (Lipinski definition) is 7. The predicted octanol–water partition coefficient (Wildman–Crippen LogP) is 4.06. The van der Waals surface area contributed by atoms with Crippen LogP contribution in [0.1, 0.15) is 23.2 Å². The predicted molar refractivity (Wildman–Crippen MR) is 123 cm³/mol. The van der Waals surface area contributed by atoms with Crippen LogP contribution < -0.4 is 16.5 Å². The molecule has 2 heterocycles. The molecule has 0 saturated heterocycles. The van der Waals surface area contributed by atoms with Crippen LogP contribution in [0, 0.1) is 0 Å². The van der Waals surface area contributed by atoms with Gasteiger partial charge in [-0.2, -0.15) is 0 Å². The zero-order valence-corrected chi connectivity index (χ0v) is 17.7. The van der Waals surface area contributed by atoms with Crippen LogP contribution in [0.15, 0.2) is 80.9 Å². The van der Waals surface area contributed by atoms with Crippen LogP contribution in [0.3, 0.4) is 0 Å². The van der Waals surface area contributed by atoms with Crippen LogP contribution in [0.2, 0.25) is 5.02 Å². The Morgan fingerprint density at radius 3 is 2.62 bits per heavy atom. The van der Waals surface area contributed by atoms with Crippen molar-refractivity contribution in [2.45, 2.75) is 12.1 Å². The van der Waals surface area contributed by atoms with E-state index in [0.29, 0.717) is 16.2 Å². The molecule has 2 atom stereocenters. The monoisotopic (exact) mass is 447 g/mol. The number of ether oxygens (including phenoxy) is 1. The van der Waals surface area contributed by atoms with Crippen LogP contribution in [-0.2, 0) is 9.53 Å². The van der Waals surface area contributed by atoms with Gasteiger partial charge < -0.3 is 9.15 Å². The summed E-state index contributed by atoms with van der Waals surface area (Å²) in [7, 11) is 1.29. The highest BCUT2D eigenvalue weighted by atomic mass is 35.5. The van der Waals surface area contributed by atoms with E-state index in [1.165, 1.54) is 13.2 Å². The standard InChI is InChI=1S/C24H18ClN3O4/c1-31-24(30)23-26-20(14-6-9-15(25)10-7-14)21(27-28-23)18-12-19(29)32-22-16-5-3-2-4-13(16)8-11-17(18)22/h2-12,20-21,27H,1H3,(H,26,28). The molecule has 2 N–H and O–H groups in total. The topological polar surface area (TPSA) is 92.9 Å². The number of carbonyl (C=O) groups excluding carboxylic acids is 1. The molecule has 32 heavy (non-hydrogen) atoms. The van der Waals surface area contributed by atoms with Crippen molar-refractivity contribution in [2.75, 3.05) is 7.11 Å². The smallest absolute Gasteiger partial charge is 0.374 e. The number of carbonyl (C=O) groups is 1. The number of fused-ring (bicyclic) bond motifs is 3. The SMILES string of the molecule is COC(=O)C1=NC(c2ccc(Cl)cc2)C(c2cc(=O)oc3c2ccc2ccccc23)NN1. The molecule has 1 aromatic heterocycles. The molecule has 5 rings (SSSR count). The molecule has 1 aliphatic heterocycles. The van der Waals surface area contributed by atoms with Crippen molar-refractivity contribution in [3.63, 3.8) is 0 Å². The van der Waals surface area contributed by atoms with Gasteiger partial charge in [-0.1, -0.05) is 60.1 Å². The number of esters is 1. The number of aliphatic imine (C=N–C) groups is 1. The fourth-order valence-corrected chi connectivity index (χ4v) is 4.14. The van der Waals surface area contributed by atoms with Gasteiger partial charge in [0.1, 0.15) is 5.58 Å². The first-order valence-corrected chi connectivity index (χ1v) is 10.3. The number of methoxy groups -OCH3 is 1. The lowest BCUT2D eigenvalue weighted by Crippen LogP contribution is -2.49. The summed E-state index contributed by atoms with van der Waals surface area (Å²) in [5, 5.41) is 3.17. The molecule has 0 bridgehead atoms. The summed E-state index contributed by atoms with van der Waals surface area (Å²) in [6.45, 7) is 0. The van der Waals surface area contributed by atoms with Crippen LogP contribution in [0.5, 0.6) is 0 Å². The van der Waals surface area contributed by atoms with Crippen molar-refractivity contribution >= 4 is 45.1 Å². The third-order valence-corrected chi connectivity index (χ3v) is 5.77. The average Bonchev–Trinajstić information content (AvgIpc) is 2.83. The lowest BCUT2D eigenvalue weighted by Gasteiger charge is -2.32. The minimum absolute atomic E-state index is 0.0430. The number of rotatable bonds is 3. The first kappa shape index (κ1) is 20.2. The second kappa shape index (κ2) is 8.11. The summed E-state index contributed by atoms with van der Waals surface area (Å²) in [5.74, 6) is -0.556. The van der Waals surface area contributed by atoms with E-state index in [-0.39, 0.29) is 5.84 Å². The Balaban J connectivity index is 1.72. The lowest BCUT2D eigenvalue weighted by atomic mass is 9.91. The van der Waals surface area contributed by atoms with Crippen LogP contribution in [0.4, 0.5) is 0 Å². The van der Waals surface area contributed by atoms with E-state index in [9.17, 15) is 9.59 Å². The molecular formula is C24H18ClN3O4. The van der Waals surface area contributed by atoms with Crippen molar-refractivity contribution in [2.24, 2.45) is 4.99 Å². The van der Waals surface area contributed by atoms with Crippen LogP contribution in [0.25, 0.3) is 21.7 Å². The second-order valence-electron chi connectivity index (χ2n) is 7.40. The van der Waals surface area contributed by atoms with E-state index < -0.39 is 23.7 Å². The highest BCUT2D eigenvalue weighted by molar-refractivity contribution is 6.35. The van der Waals surface area contributed by atoms with Crippen LogP contribution >= 0.6 is 11.6 Å². The molecule has 7 nitrogen and oxygen atoms in total. The second-order valence-corrected chi connectivity index (χ2v) is 7.83. The number of amidine groups is 1. The van der Waals surface area contributed by atoms with Crippen molar-refractivity contribution in [3.8, 4) is 0 Å². The number of hydrogen-bond donors (Lipinski definition) is 2. The van der Waals surface area contributed by atoms with Gasteiger partial charge in [0.15, 0.2) is 0 Å². The first-order valence-electron chi connectivity index (χ1n) is 9.94. The Morgan fingerprint density at radius 1 is 1.06 bits per heavy atom. The molecule has 0 radical (unpaired) electrons. The minimum Gasteiger partial charge on any atom is -0.463 e. The summed E-state index contributed by atoms with van der Waals surface area (Å²) in [6.07, 6.45) is 0. The van der Waals surface area contributed by atoms with Gasteiger partial charge in [-0.15, -0.1) is 0 Å². The van der Waals surface area contributed by atoms with Gasteiger partial charge in [0, 0.05) is 21.9 Å². The zero-order chi connectivity index (χ0) is 22.2. The normalized spacial score (nSPS) is 18.2. The van der Waals surface area contributed by atoms with Gasteiger partial charge in [0.25, 0.3) is 0 Å². The molecule has 2 unspecified atom stereocenters. The van der Waals surface area contributed by atoms with E-state index in [1.807, 2.05) is 48.5 Å². The molecule has 1 aliphatic rings. The van der Waals surface area contributed by atoms with Gasteiger partial charge in [-0.05, 0) is 28.6 Å². The van der Waals surface area contributed by atoms with Crippen molar-refractivity contribution in [1.29, 1.82) is 0 Å². The van der Waals surface area contributed by atoms with Gasteiger partial charge >= 0.3 is 11.6 Å². The summed E-state index contributed by atoms with van der Waals surface area (Å²) in [6, 6.07) is 19.3. The Labute approximate surface area is 187 Å². The summed E-state index contributed by atoms with van der Waals surface area (Å²) in [4.78, 5) is 29.3. The molecule has 0 spiro atoms. The third kappa shape index (κ3) is 3.51. The first-order chi connectivity index (χ1) is 15.5.